The van der Waals surface area contributed by atoms with E-state index in [1.54, 1.807) is 42.5 Å². The van der Waals surface area contributed by atoms with E-state index in [0.717, 1.165) is 0 Å². The van der Waals surface area contributed by atoms with Crippen molar-refractivity contribution in [3.8, 4) is 0 Å². The average Bonchev–Trinajstić information content (AvgIpc) is 2.86. The highest BCUT2D eigenvalue weighted by atomic mass is 16.7. The second-order valence-corrected chi connectivity index (χ2v) is 5.20. The number of Topliss-reactive ketones (excluding diaryl/α,β-unsaturated/α-hetero) is 1. The topological polar surface area (TPSA) is 80.8 Å². The minimum Gasteiger partial charge on any atom is -0.330 e. The first kappa shape index (κ1) is 15.6. The van der Waals surface area contributed by atoms with Gasteiger partial charge in [0.25, 0.3) is 11.8 Å². The van der Waals surface area contributed by atoms with Crippen LogP contribution in [-0.2, 0) is 9.63 Å². The number of amides is 2. The number of benzene rings is 2. The van der Waals surface area contributed by atoms with E-state index in [0.29, 0.717) is 10.6 Å². The van der Waals surface area contributed by atoms with Crippen molar-refractivity contribution in [3.05, 3.63) is 71.3 Å². The van der Waals surface area contributed by atoms with Gasteiger partial charge in [-0.1, -0.05) is 47.5 Å². The van der Waals surface area contributed by atoms with E-state index in [1.165, 1.54) is 12.1 Å². The smallest absolute Gasteiger partial charge is 0.330 e. The molecule has 2 aromatic carbocycles. The first-order valence-corrected chi connectivity index (χ1v) is 7.35. The molecule has 3 rings (SSSR count). The molecule has 120 valence electrons. The number of hydroxylamine groups is 2. The number of imide groups is 1. The van der Waals surface area contributed by atoms with E-state index < -0.39 is 17.8 Å². The minimum absolute atomic E-state index is 0.0635. The lowest BCUT2D eigenvalue weighted by atomic mass is 10.1. The van der Waals surface area contributed by atoms with Gasteiger partial charge in [0.1, 0.15) is 0 Å². The van der Waals surface area contributed by atoms with E-state index in [9.17, 15) is 19.2 Å². The Balaban J connectivity index is 1.59. The standard InChI is InChI=1S/C18H13NO5/c20-15(12-6-2-1-3-7-12)10-11-16(21)24-19-17(22)13-8-4-5-9-14(13)18(19)23/h1-9H,10-11H2. The van der Waals surface area contributed by atoms with Gasteiger partial charge in [-0.25, -0.2) is 4.79 Å². The summed E-state index contributed by atoms with van der Waals surface area (Å²) in [6.45, 7) is 0. The molecule has 0 spiro atoms. The number of hydrogen-bond donors (Lipinski definition) is 0. The Labute approximate surface area is 137 Å². The van der Waals surface area contributed by atoms with Gasteiger partial charge >= 0.3 is 5.97 Å². The zero-order chi connectivity index (χ0) is 17.1. The quantitative estimate of drug-likeness (QED) is 0.623. The van der Waals surface area contributed by atoms with Crippen LogP contribution in [0.15, 0.2) is 54.6 Å². The molecule has 0 unspecified atom stereocenters. The third-order valence-electron chi connectivity index (χ3n) is 3.60. The van der Waals surface area contributed by atoms with Crippen LogP contribution in [0.3, 0.4) is 0 Å². The van der Waals surface area contributed by atoms with Crippen LogP contribution in [0.2, 0.25) is 0 Å². The Hall–Kier alpha value is -3.28. The molecule has 0 saturated carbocycles. The Kier molecular flexibility index (Phi) is 4.20. The van der Waals surface area contributed by atoms with Crippen LogP contribution in [-0.4, -0.2) is 28.6 Å². The largest absolute Gasteiger partial charge is 0.333 e. The van der Waals surface area contributed by atoms with E-state index >= 15 is 0 Å². The van der Waals surface area contributed by atoms with E-state index in [-0.39, 0.29) is 29.8 Å². The normalized spacial score (nSPS) is 12.9. The number of hydrogen-bond acceptors (Lipinski definition) is 5. The highest BCUT2D eigenvalue weighted by Gasteiger charge is 2.38. The van der Waals surface area contributed by atoms with Gasteiger partial charge in [-0.05, 0) is 12.1 Å². The monoisotopic (exact) mass is 323 g/mol. The van der Waals surface area contributed by atoms with Gasteiger partial charge in [-0.15, -0.1) is 0 Å². The maximum absolute atomic E-state index is 12.1. The fraction of sp³-hybridized carbons (Fsp3) is 0.111. The molecule has 6 nitrogen and oxygen atoms in total. The number of fused-ring (bicyclic) bond motifs is 1. The molecule has 6 heteroatoms. The molecule has 1 heterocycles. The van der Waals surface area contributed by atoms with Gasteiger partial charge < -0.3 is 4.84 Å². The van der Waals surface area contributed by atoms with Crippen molar-refractivity contribution >= 4 is 23.6 Å². The lowest BCUT2D eigenvalue weighted by molar-refractivity contribution is -0.168. The maximum atomic E-state index is 12.1. The summed E-state index contributed by atoms with van der Waals surface area (Å²) < 4.78 is 0. The molecule has 1 aliphatic rings. The van der Waals surface area contributed by atoms with E-state index in [2.05, 4.69) is 0 Å². The first-order valence-electron chi connectivity index (χ1n) is 7.35. The molecule has 0 bridgehead atoms. The highest BCUT2D eigenvalue weighted by molar-refractivity contribution is 6.20. The molecule has 0 fully saturated rings. The Morgan fingerprint density at radius 2 is 1.33 bits per heavy atom. The summed E-state index contributed by atoms with van der Waals surface area (Å²) in [5.74, 6) is -2.39. The zero-order valence-corrected chi connectivity index (χ0v) is 12.6. The molecular weight excluding hydrogens is 310 g/mol. The fourth-order valence-corrected chi connectivity index (χ4v) is 2.38. The van der Waals surface area contributed by atoms with Crippen molar-refractivity contribution < 1.29 is 24.0 Å². The third-order valence-corrected chi connectivity index (χ3v) is 3.60. The lowest BCUT2D eigenvalue weighted by Gasteiger charge is -2.12. The Morgan fingerprint density at radius 1 is 0.792 bits per heavy atom. The summed E-state index contributed by atoms with van der Waals surface area (Å²) in [5.41, 5.74) is 0.873. The fourth-order valence-electron chi connectivity index (χ4n) is 2.38. The number of nitrogens with zero attached hydrogens (tertiary/aromatic N) is 1. The number of ketones is 1. The molecule has 0 aromatic heterocycles. The molecule has 2 aromatic rings. The van der Waals surface area contributed by atoms with Gasteiger partial charge in [0, 0.05) is 12.0 Å². The second-order valence-electron chi connectivity index (χ2n) is 5.20. The van der Waals surface area contributed by atoms with Gasteiger partial charge in [0.05, 0.1) is 17.5 Å². The molecule has 2 amide bonds. The summed E-state index contributed by atoms with van der Waals surface area (Å²) in [5, 5.41) is 0.444. The summed E-state index contributed by atoms with van der Waals surface area (Å²) >= 11 is 0. The lowest BCUT2D eigenvalue weighted by Crippen LogP contribution is -2.32. The van der Waals surface area contributed by atoms with Crippen molar-refractivity contribution in [1.29, 1.82) is 0 Å². The van der Waals surface area contributed by atoms with Crippen LogP contribution in [0.4, 0.5) is 0 Å². The zero-order valence-electron chi connectivity index (χ0n) is 12.6. The molecule has 0 N–H and O–H groups in total. The van der Waals surface area contributed by atoms with Gasteiger partial charge in [0.2, 0.25) is 0 Å². The number of carbonyl (C=O) groups excluding carboxylic acids is 4. The molecule has 0 atom stereocenters. The van der Waals surface area contributed by atoms with Crippen LogP contribution >= 0.6 is 0 Å². The van der Waals surface area contributed by atoms with Crippen LogP contribution in [0, 0.1) is 0 Å². The summed E-state index contributed by atoms with van der Waals surface area (Å²) in [7, 11) is 0. The molecule has 1 aliphatic heterocycles. The molecule has 24 heavy (non-hydrogen) atoms. The van der Waals surface area contributed by atoms with Crippen LogP contribution < -0.4 is 0 Å². The average molecular weight is 323 g/mol. The molecular formula is C18H13NO5. The van der Waals surface area contributed by atoms with Crippen molar-refractivity contribution in [1.82, 2.24) is 5.06 Å². The molecule has 0 saturated heterocycles. The second kappa shape index (κ2) is 6.45. The Bertz CT molecular complexity index is 793. The van der Waals surface area contributed by atoms with Gasteiger partial charge in [-0.3, -0.25) is 14.4 Å². The summed E-state index contributed by atoms with van der Waals surface area (Å²) in [4.78, 5) is 52.8. The number of carbonyl (C=O) groups is 4. The highest BCUT2D eigenvalue weighted by Crippen LogP contribution is 2.23. The van der Waals surface area contributed by atoms with Gasteiger partial charge in [-0.2, -0.15) is 0 Å². The predicted octanol–water partition coefficient (Wildman–Crippen LogP) is 2.40. The summed E-state index contributed by atoms with van der Waals surface area (Å²) in [6.07, 6.45) is -0.285. The van der Waals surface area contributed by atoms with Crippen LogP contribution in [0.25, 0.3) is 0 Å². The van der Waals surface area contributed by atoms with Crippen molar-refractivity contribution in [2.24, 2.45) is 0 Å². The first-order chi connectivity index (χ1) is 11.6. The van der Waals surface area contributed by atoms with Crippen molar-refractivity contribution in [2.75, 3.05) is 0 Å². The number of rotatable bonds is 5. The minimum atomic E-state index is -0.811. The van der Waals surface area contributed by atoms with E-state index in [1.807, 2.05) is 0 Å². The van der Waals surface area contributed by atoms with Crippen molar-refractivity contribution in [2.45, 2.75) is 12.8 Å². The SMILES string of the molecule is O=C(CCC(=O)c1ccccc1)ON1C(=O)c2ccccc2C1=O. The van der Waals surface area contributed by atoms with Crippen LogP contribution in [0.5, 0.6) is 0 Å². The van der Waals surface area contributed by atoms with Crippen molar-refractivity contribution in [3.63, 3.8) is 0 Å². The van der Waals surface area contributed by atoms with Crippen LogP contribution in [0.1, 0.15) is 43.9 Å². The van der Waals surface area contributed by atoms with E-state index in [4.69, 9.17) is 4.84 Å². The maximum Gasteiger partial charge on any atom is 0.333 e. The molecule has 0 radical (unpaired) electrons. The summed E-state index contributed by atoms with van der Waals surface area (Å²) in [6, 6.07) is 14.8. The Morgan fingerprint density at radius 3 is 1.92 bits per heavy atom. The third kappa shape index (κ3) is 2.94. The molecule has 0 aliphatic carbocycles. The predicted molar refractivity (Wildman–Crippen MR) is 83.0 cm³/mol. The van der Waals surface area contributed by atoms with Gasteiger partial charge in [0.15, 0.2) is 5.78 Å².